The molecule has 2 bridgehead atoms. The summed E-state index contributed by atoms with van der Waals surface area (Å²) in [6.07, 6.45) is 7.15. The summed E-state index contributed by atoms with van der Waals surface area (Å²) in [5.41, 5.74) is 0.401. The van der Waals surface area contributed by atoms with E-state index in [9.17, 15) is 4.79 Å². The molecule has 3 saturated carbocycles. The predicted molar refractivity (Wildman–Crippen MR) is 75.6 cm³/mol. The van der Waals surface area contributed by atoms with Gasteiger partial charge in [0.2, 0.25) is 0 Å². The topological polar surface area (TPSA) is 26.3 Å². The van der Waals surface area contributed by atoms with E-state index >= 15 is 0 Å². The Morgan fingerprint density at radius 1 is 1.21 bits per heavy atom. The lowest BCUT2D eigenvalue weighted by Gasteiger charge is -2.48. The summed E-state index contributed by atoms with van der Waals surface area (Å²) in [6.45, 7) is 10.4. The van der Waals surface area contributed by atoms with Gasteiger partial charge in [0.1, 0.15) is 5.60 Å². The van der Waals surface area contributed by atoms with Gasteiger partial charge >= 0.3 is 5.97 Å². The number of esters is 1. The largest absolute Gasteiger partial charge is 0.459 e. The molecule has 1 spiro atoms. The lowest BCUT2D eigenvalue weighted by atomic mass is 9.62. The number of carbonyl (C=O) groups is 1. The highest BCUT2D eigenvalue weighted by molar-refractivity contribution is 5.66. The molecule has 3 aliphatic carbocycles. The van der Waals surface area contributed by atoms with Crippen molar-refractivity contribution in [1.29, 1.82) is 0 Å². The zero-order chi connectivity index (χ0) is 14.1. The molecule has 0 aliphatic heterocycles. The Morgan fingerprint density at radius 2 is 1.89 bits per heavy atom. The highest BCUT2D eigenvalue weighted by atomic mass is 16.6. The van der Waals surface area contributed by atoms with Crippen LogP contribution >= 0.6 is 0 Å². The van der Waals surface area contributed by atoms with E-state index in [1.54, 1.807) is 0 Å². The van der Waals surface area contributed by atoms with E-state index in [2.05, 4.69) is 27.7 Å². The van der Waals surface area contributed by atoms with E-state index in [-0.39, 0.29) is 17.0 Å². The van der Waals surface area contributed by atoms with Crippen LogP contribution in [0.25, 0.3) is 0 Å². The molecule has 0 N–H and O–H groups in total. The van der Waals surface area contributed by atoms with Gasteiger partial charge in [0, 0.05) is 12.3 Å². The first-order valence-corrected chi connectivity index (χ1v) is 7.89. The maximum Gasteiger partial charge on any atom is 0.303 e. The van der Waals surface area contributed by atoms with E-state index in [1.807, 2.05) is 0 Å². The zero-order valence-corrected chi connectivity index (χ0v) is 13.1. The van der Waals surface area contributed by atoms with E-state index in [0.717, 1.165) is 17.8 Å². The number of hydrogen-bond acceptors (Lipinski definition) is 2. The highest BCUT2D eigenvalue weighted by Gasteiger charge is 2.70. The average molecular weight is 264 g/mol. The van der Waals surface area contributed by atoms with Crippen LogP contribution in [-0.2, 0) is 9.53 Å². The van der Waals surface area contributed by atoms with E-state index in [0.29, 0.717) is 5.41 Å². The molecule has 4 atom stereocenters. The van der Waals surface area contributed by atoms with Crippen LogP contribution in [0.1, 0.15) is 66.7 Å². The van der Waals surface area contributed by atoms with Crippen LogP contribution in [0, 0.1) is 28.6 Å². The van der Waals surface area contributed by atoms with Crippen LogP contribution in [0.4, 0.5) is 0 Å². The molecule has 4 unspecified atom stereocenters. The van der Waals surface area contributed by atoms with Crippen molar-refractivity contribution in [3.8, 4) is 0 Å². The van der Waals surface area contributed by atoms with Gasteiger partial charge in [0.15, 0.2) is 0 Å². The van der Waals surface area contributed by atoms with Crippen molar-refractivity contribution in [3.05, 3.63) is 0 Å². The molecule has 0 aromatic carbocycles. The van der Waals surface area contributed by atoms with Crippen molar-refractivity contribution >= 4 is 5.97 Å². The number of carbonyl (C=O) groups excluding carboxylic acids is 1. The van der Waals surface area contributed by atoms with Crippen LogP contribution in [-0.4, -0.2) is 11.6 Å². The predicted octanol–water partition coefficient (Wildman–Crippen LogP) is 4.18. The lowest BCUT2D eigenvalue weighted by molar-refractivity contribution is -0.173. The second kappa shape index (κ2) is 3.77. The standard InChI is InChI=1S/C17H28O2/c1-11(18)19-16(4,5)15(2,3)14-12-7-6-8-17(9-12)10-13(14)17/h12-14H,6-10H2,1-5H3. The van der Waals surface area contributed by atoms with Gasteiger partial charge in [-0.05, 0) is 56.3 Å². The van der Waals surface area contributed by atoms with Crippen molar-refractivity contribution in [3.63, 3.8) is 0 Å². The summed E-state index contributed by atoms with van der Waals surface area (Å²) >= 11 is 0. The molecule has 0 saturated heterocycles. The first-order chi connectivity index (χ1) is 8.70. The Bertz CT molecular complexity index is 405. The Morgan fingerprint density at radius 3 is 2.47 bits per heavy atom. The van der Waals surface area contributed by atoms with Crippen molar-refractivity contribution in [2.45, 2.75) is 72.3 Å². The third kappa shape index (κ3) is 1.78. The van der Waals surface area contributed by atoms with Gasteiger partial charge < -0.3 is 4.74 Å². The molecule has 3 aliphatic rings. The molecule has 3 fully saturated rings. The molecule has 3 rings (SSSR count). The number of fused-ring (bicyclic) bond motifs is 1. The second-order valence-electron chi connectivity index (χ2n) is 8.38. The number of hydrogen-bond donors (Lipinski definition) is 0. The van der Waals surface area contributed by atoms with Gasteiger partial charge in [0.25, 0.3) is 0 Å². The maximum absolute atomic E-state index is 11.4. The summed E-state index contributed by atoms with van der Waals surface area (Å²) in [5, 5.41) is 0. The Kier molecular flexibility index (Phi) is 2.67. The first kappa shape index (κ1) is 13.5. The number of ether oxygens (including phenoxy) is 1. The van der Waals surface area contributed by atoms with Gasteiger partial charge in [-0.25, -0.2) is 0 Å². The van der Waals surface area contributed by atoms with Crippen LogP contribution in [0.2, 0.25) is 0 Å². The van der Waals surface area contributed by atoms with Crippen molar-refractivity contribution in [1.82, 2.24) is 0 Å². The van der Waals surface area contributed by atoms with Crippen molar-refractivity contribution in [2.75, 3.05) is 0 Å². The second-order valence-corrected chi connectivity index (χ2v) is 8.38. The minimum absolute atomic E-state index is 0.0661. The fraction of sp³-hybridized carbons (Fsp3) is 0.941. The first-order valence-electron chi connectivity index (χ1n) is 7.89. The summed E-state index contributed by atoms with van der Waals surface area (Å²) in [6, 6.07) is 0. The Balaban J connectivity index is 1.86. The molecule has 0 aromatic heterocycles. The molecule has 2 nitrogen and oxygen atoms in total. The fourth-order valence-corrected chi connectivity index (χ4v) is 5.47. The lowest BCUT2D eigenvalue weighted by Crippen LogP contribution is -2.49. The summed E-state index contributed by atoms with van der Waals surface area (Å²) < 4.78 is 5.69. The van der Waals surface area contributed by atoms with Gasteiger partial charge in [0.05, 0.1) is 0 Å². The number of rotatable bonds is 3. The van der Waals surface area contributed by atoms with Crippen LogP contribution in [0.3, 0.4) is 0 Å². The summed E-state index contributed by atoms with van der Waals surface area (Å²) in [5.74, 6) is 2.37. The molecular formula is C17H28O2. The van der Waals surface area contributed by atoms with Crippen molar-refractivity contribution < 1.29 is 9.53 Å². The molecule has 0 heterocycles. The quantitative estimate of drug-likeness (QED) is 0.715. The Labute approximate surface area is 117 Å². The van der Waals surface area contributed by atoms with Gasteiger partial charge in [-0.15, -0.1) is 0 Å². The zero-order valence-electron chi connectivity index (χ0n) is 13.1. The van der Waals surface area contributed by atoms with E-state index in [4.69, 9.17) is 4.74 Å². The highest BCUT2D eigenvalue weighted by Crippen LogP contribution is 2.76. The van der Waals surface area contributed by atoms with Crippen LogP contribution < -0.4 is 0 Å². The fourth-order valence-electron chi connectivity index (χ4n) is 5.47. The normalized spacial score (nSPS) is 40.8. The molecule has 0 radical (unpaired) electrons. The van der Waals surface area contributed by atoms with Gasteiger partial charge in [-0.2, -0.15) is 0 Å². The Hall–Kier alpha value is -0.530. The maximum atomic E-state index is 11.4. The smallest absolute Gasteiger partial charge is 0.303 e. The van der Waals surface area contributed by atoms with E-state index in [1.165, 1.54) is 39.0 Å². The molecular weight excluding hydrogens is 236 g/mol. The van der Waals surface area contributed by atoms with Crippen molar-refractivity contribution in [2.24, 2.45) is 28.6 Å². The molecule has 19 heavy (non-hydrogen) atoms. The summed E-state index contributed by atoms with van der Waals surface area (Å²) in [7, 11) is 0. The summed E-state index contributed by atoms with van der Waals surface area (Å²) in [4.78, 5) is 11.4. The van der Waals surface area contributed by atoms with Gasteiger partial charge in [-0.1, -0.05) is 26.7 Å². The van der Waals surface area contributed by atoms with E-state index < -0.39 is 0 Å². The molecule has 2 heteroatoms. The molecule has 0 amide bonds. The van der Waals surface area contributed by atoms with Gasteiger partial charge in [-0.3, -0.25) is 4.79 Å². The van der Waals surface area contributed by atoms with Crippen LogP contribution in [0.5, 0.6) is 0 Å². The molecule has 0 aromatic rings. The third-order valence-corrected chi connectivity index (χ3v) is 6.90. The minimum Gasteiger partial charge on any atom is -0.459 e. The minimum atomic E-state index is -0.370. The third-order valence-electron chi connectivity index (χ3n) is 6.90. The monoisotopic (exact) mass is 264 g/mol. The average Bonchev–Trinajstić information content (AvgIpc) is 2.83. The van der Waals surface area contributed by atoms with Crippen LogP contribution in [0.15, 0.2) is 0 Å². The molecule has 108 valence electrons. The SMILES string of the molecule is CC(=O)OC(C)(C)C(C)(C)C1C2CCCC3(C2)CC13.